The Morgan fingerprint density at radius 1 is 0.250 bits per heavy atom. The smallest absolute Gasteiger partial charge is 0.0159 e. The van der Waals surface area contributed by atoms with Gasteiger partial charge in [-0.2, -0.15) is 0 Å². The summed E-state index contributed by atoms with van der Waals surface area (Å²) < 4.78 is 0. The molecule has 4 aliphatic rings. The highest BCUT2D eigenvalue weighted by Gasteiger charge is 2.41. The van der Waals surface area contributed by atoms with Crippen molar-refractivity contribution in [3.63, 3.8) is 0 Å². The molecule has 0 saturated carbocycles. The fourth-order valence-corrected chi connectivity index (χ4v) is 15.0. The van der Waals surface area contributed by atoms with Crippen LogP contribution in [0.5, 0.6) is 0 Å². The second-order valence-electron chi connectivity index (χ2n) is 25.5. The van der Waals surface area contributed by atoms with Crippen molar-refractivity contribution in [1.29, 1.82) is 0 Å². The minimum Gasteiger partial charge on any atom is -0.0619 e. The second kappa shape index (κ2) is 15.3. The molecule has 0 spiro atoms. The normalized spacial score (nSPS) is 14.7. The van der Waals surface area contributed by atoms with Gasteiger partial charge >= 0.3 is 0 Å². The second-order valence-corrected chi connectivity index (χ2v) is 25.5. The molecule has 0 saturated heterocycles. The maximum absolute atomic E-state index is 2.52. The Labute approximate surface area is 448 Å². The molecule has 0 aliphatic heterocycles. The molecule has 0 heterocycles. The Kier molecular flexibility index (Phi) is 9.13. The fourth-order valence-electron chi connectivity index (χ4n) is 15.0. The predicted octanol–water partition coefficient (Wildman–Crippen LogP) is 21.2. The van der Waals surface area contributed by atoms with Crippen LogP contribution in [-0.2, 0) is 21.7 Å². The fraction of sp³-hybridized carbons (Fsp3) is 0.184. The first-order chi connectivity index (χ1) is 36.5. The van der Waals surface area contributed by atoms with Crippen molar-refractivity contribution < 1.29 is 0 Å². The van der Waals surface area contributed by atoms with Crippen molar-refractivity contribution in [3.8, 4) is 111 Å². The molecule has 11 aromatic carbocycles. The molecular formula is C76H62. The molecule has 0 amide bonds. The maximum atomic E-state index is 2.52. The lowest BCUT2D eigenvalue weighted by Crippen LogP contribution is -2.15. The topological polar surface area (TPSA) is 0 Å². The van der Waals surface area contributed by atoms with Gasteiger partial charge in [0, 0.05) is 10.8 Å². The summed E-state index contributed by atoms with van der Waals surface area (Å²) in [5.74, 6) is 0. The molecule has 0 N–H and O–H groups in total. The van der Waals surface area contributed by atoms with Crippen LogP contribution in [0.2, 0.25) is 0 Å². The summed E-state index contributed by atoms with van der Waals surface area (Å²) in [7, 11) is 0. The minimum atomic E-state index is -0.118. The van der Waals surface area contributed by atoms with Gasteiger partial charge in [-0.3, -0.25) is 0 Å². The molecule has 0 heteroatoms. The Hall–Kier alpha value is -8.06. The van der Waals surface area contributed by atoms with E-state index in [0.29, 0.717) is 0 Å². The Morgan fingerprint density at radius 3 is 0.947 bits per heavy atom. The lowest BCUT2D eigenvalue weighted by atomic mass is 9.75. The molecule has 0 bridgehead atoms. The molecule has 0 fully saturated rings. The van der Waals surface area contributed by atoms with E-state index in [4.69, 9.17) is 0 Å². The number of rotatable bonds is 4. The van der Waals surface area contributed by atoms with Crippen LogP contribution >= 0.6 is 0 Å². The standard InChI is InChI=1S/C76H62/c1-73(2,3)59-27-17-15-25-53(59)67-51-23-11-12-24-52(51)68(54-26-16-18-28-60(54)74(4,5)6)72-58-40-38-56-66-46(44-32-34-50-48-22-14-20-30-62(48)76(9,10)64(50)42-44)36-35-45(65(66)55-37-39-57(71(67)72)70(58)69(55)56)43-31-33-49-47-21-13-19-29-61(47)75(7,8)63(49)41-43/h11-42H,1-10H3. The predicted molar refractivity (Wildman–Crippen MR) is 325 cm³/mol. The monoisotopic (exact) mass is 974 g/mol. The van der Waals surface area contributed by atoms with Crippen LogP contribution in [0.4, 0.5) is 0 Å². The van der Waals surface area contributed by atoms with E-state index >= 15 is 0 Å². The van der Waals surface area contributed by atoms with Gasteiger partial charge in [-0.1, -0.05) is 251 Å². The van der Waals surface area contributed by atoms with Gasteiger partial charge in [0.05, 0.1) is 0 Å². The van der Waals surface area contributed by atoms with Crippen LogP contribution in [0.25, 0.3) is 133 Å². The van der Waals surface area contributed by atoms with Gasteiger partial charge in [-0.25, -0.2) is 0 Å². The van der Waals surface area contributed by atoms with Crippen molar-refractivity contribution in [2.45, 2.75) is 90.9 Å². The average Bonchev–Trinajstić information content (AvgIpc) is 4.26. The van der Waals surface area contributed by atoms with E-state index in [1.165, 1.54) is 166 Å². The molecule has 4 aliphatic carbocycles. The molecule has 11 aromatic rings. The van der Waals surface area contributed by atoms with Crippen LogP contribution in [0.3, 0.4) is 0 Å². The van der Waals surface area contributed by atoms with E-state index in [1.807, 2.05) is 0 Å². The number of hydrogen-bond acceptors (Lipinski definition) is 0. The third-order valence-corrected chi connectivity index (χ3v) is 18.5. The zero-order valence-corrected chi connectivity index (χ0v) is 45.5. The first-order valence-electron chi connectivity index (χ1n) is 27.6. The van der Waals surface area contributed by atoms with Crippen LogP contribution in [0.15, 0.2) is 194 Å². The molecule has 76 heavy (non-hydrogen) atoms. The van der Waals surface area contributed by atoms with Crippen LogP contribution in [-0.4, -0.2) is 0 Å². The van der Waals surface area contributed by atoms with Crippen molar-refractivity contribution >= 4 is 21.5 Å². The van der Waals surface area contributed by atoms with Gasteiger partial charge in [-0.05, 0) is 189 Å². The number of benzene rings is 11. The average molecular weight is 975 g/mol. The zero-order chi connectivity index (χ0) is 51.9. The molecular weight excluding hydrogens is 913 g/mol. The van der Waals surface area contributed by atoms with Gasteiger partial charge < -0.3 is 0 Å². The van der Waals surface area contributed by atoms with E-state index in [9.17, 15) is 0 Å². The molecule has 0 aromatic heterocycles. The van der Waals surface area contributed by atoms with Crippen molar-refractivity contribution in [2.75, 3.05) is 0 Å². The van der Waals surface area contributed by atoms with Crippen LogP contribution in [0, 0.1) is 0 Å². The van der Waals surface area contributed by atoms with Gasteiger partial charge in [0.15, 0.2) is 0 Å². The first kappa shape index (κ1) is 45.3. The quantitative estimate of drug-likeness (QED) is 0.165. The largest absolute Gasteiger partial charge is 0.0619 e. The number of hydrogen-bond donors (Lipinski definition) is 0. The summed E-state index contributed by atoms with van der Waals surface area (Å²) in [4.78, 5) is 0. The SMILES string of the molecule is CC(C)(C)c1ccccc1-c1c2c(c(-c3ccccc3C(C)(C)C)c3ccccc13)-c1ccc3c4c(ccc-2c14)-c1c(-c2ccc4c(c2)C(C)(C)c2ccccc2-4)ccc(-c2ccc4c(c2)C(C)(C)c2ccccc2-4)c1-3. The van der Waals surface area contributed by atoms with Crippen LogP contribution < -0.4 is 0 Å². The lowest BCUT2D eigenvalue weighted by molar-refractivity contribution is 0.591. The molecule has 0 nitrogen and oxygen atoms in total. The maximum Gasteiger partial charge on any atom is 0.0159 e. The molecule has 366 valence electrons. The van der Waals surface area contributed by atoms with Crippen molar-refractivity contribution in [2.24, 2.45) is 0 Å². The summed E-state index contributed by atoms with van der Waals surface area (Å²) in [5.41, 5.74) is 34.4. The molecule has 0 atom stereocenters. The third kappa shape index (κ3) is 5.96. The van der Waals surface area contributed by atoms with Gasteiger partial charge in [0.1, 0.15) is 0 Å². The van der Waals surface area contributed by atoms with Crippen molar-refractivity contribution in [3.05, 3.63) is 228 Å². The minimum absolute atomic E-state index is 0.0810. The van der Waals surface area contributed by atoms with Gasteiger partial charge in [0.2, 0.25) is 0 Å². The lowest BCUT2D eigenvalue weighted by Gasteiger charge is -2.28. The van der Waals surface area contributed by atoms with E-state index < -0.39 is 0 Å². The van der Waals surface area contributed by atoms with E-state index in [1.54, 1.807) is 0 Å². The highest BCUT2D eigenvalue weighted by atomic mass is 14.4. The molecule has 15 rings (SSSR count). The van der Waals surface area contributed by atoms with E-state index in [-0.39, 0.29) is 21.7 Å². The van der Waals surface area contributed by atoms with E-state index in [0.717, 1.165) is 0 Å². The highest BCUT2D eigenvalue weighted by molar-refractivity contribution is 6.33. The summed E-state index contributed by atoms with van der Waals surface area (Å²) in [5, 5.41) is 5.33. The van der Waals surface area contributed by atoms with Gasteiger partial charge in [-0.15, -0.1) is 0 Å². The van der Waals surface area contributed by atoms with E-state index in [2.05, 4.69) is 263 Å². The Morgan fingerprint density at radius 2 is 0.553 bits per heavy atom. The molecule has 0 unspecified atom stereocenters. The number of fused-ring (bicyclic) bond motifs is 13. The summed E-state index contributed by atoms with van der Waals surface area (Å²) >= 11 is 0. The van der Waals surface area contributed by atoms with Crippen LogP contribution in [0.1, 0.15) is 103 Å². The van der Waals surface area contributed by atoms with Crippen molar-refractivity contribution in [1.82, 2.24) is 0 Å². The van der Waals surface area contributed by atoms with Gasteiger partial charge in [0.25, 0.3) is 0 Å². The Bertz CT molecular complexity index is 4120. The highest BCUT2D eigenvalue weighted by Crippen LogP contribution is 2.65. The molecule has 0 radical (unpaired) electrons. The summed E-state index contributed by atoms with van der Waals surface area (Å²) in [6.07, 6.45) is 0. The Balaban J connectivity index is 1.05. The summed E-state index contributed by atoms with van der Waals surface area (Å²) in [6.45, 7) is 23.8. The zero-order valence-electron chi connectivity index (χ0n) is 45.5. The third-order valence-electron chi connectivity index (χ3n) is 18.5. The first-order valence-corrected chi connectivity index (χ1v) is 27.6. The summed E-state index contributed by atoms with van der Waals surface area (Å²) in [6, 6.07) is 75.4.